The second-order valence-electron chi connectivity index (χ2n) is 17.2. The maximum Gasteiger partial charge on any atom is 0.262 e. The highest BCUT2D eigenvalue weighted by molar-refractivity contribution is 6.32. The van der Waals surface area contributed by atoms with Gasteiger partial charge in [-0.3, -0.25) is 39.1 Å². The molecule has 0 radical (unpaired) electrons. The largest absolute Gasteiger partial charge is 0.371 e. The van der Waals surface area contributed by atoms with Crippen LogP contribution in [0.2, 0.25) is 5.02 Å². The molecule has 306 valence electrons. The van der Waals surface area contributed by atoms with Crippen molar-refractivity contribution < 1.29 is 24.0 Å². The lowest BCUT2D eigenvalue weighted by Gasteiger charge is -2.40. The van der Waals surface area contributed by atoms with Gasteiger partial charge in [0.25, 0.3) is 17.7 Å². The molecule has 6 heterocycles. The van der Waals surface area contributed by atoms with Crippen molar-refractivity contribution in [3.05, 3.63) is 87.9 Å². The molecule has 0 bridgehead atoms. The Kier molecular flexibility index (Phi) is 10.6. The van der Waals surface area contributed by atoms with Crippen molar-refractivity contribution in [2.45, 2.75) is 51.0 Å². The van der Waals surface area contributed by atoms with Crippen LogP contribution in [0.3, 0.4) is 0 Å². The Morgan fingerprint density at radius 3 is 2.03 bits per heavy atom. The van der Waals surface area contributed by atoms with Gasteiger partial charge in [-0.25, -0.2) is 0 Å². The molecule has 0 aromatic heterocycles. The highest BCUT2D eigenvalue weighted by Crippen LogP contribution is 2.43. The molecule has 3 aromatic carbocycles. The molecule has 0 saturated carbocycles. The number of hydrogen-bond acceptors (Lipinski definition) is 10. The first-order valence-electron chi connectivity index (χ1n) is 21.0. The van der Waals surface area contributed by atoms with Crippen LogP contribution < -0.4 is 20.0 Å². The molecule has 3 aromatic rings. The first-order valence-corrected chi connectivity index (χ1v) is 21.4. The third kappa shape index (κ3) is 7.64. The fourth-order valence-electron chi connectivity index (χ4n) is 10.1. The minimum atomic E-state index is -0.974. The van der Waals surface area contributed by atoms with Gasteiger partial charge in [0.1, 0.15) is 12.1 Å². The van der Waals surface area contributed by atoms with Crippen molar-refractivity contribution in [3.63, 3.8) is 0 Å². The number of benzene rings is 3. The predicted molar refractivity (Wildman–Crippen MR) is 224 cm³/mol. The van der Waals surface area contributed by atoms with Crippen LogP contribution in [0.25, 0.3) is 0 Å². The maximum absolute atomic E-state index is 13.6. The fourth-order valence-corrected chi connectivity index (χ4v) is 10.3. The lowest BCUT2D eigenvalue weighted by atomic mass is 9.77. The Bertz CT molecular complexity index is 2220. The second kappa shape index (κ2) is 16.0. The number of hydrogen-bond donors (Lipinski definition) is 1. The number of carbonyl (C=O) groups is 5. The van der Waals surface area contributed by atoms with E-state index >= 15 is 0 Å². The van der Waals surface area contributed by atoms with Gasteiger partial charge in [-0.05, 0) is 111 Å². The molecule has 1 N–H and O–H groups in total. The van der Waals surface area contributed by atoms with E-state index in [2.05, 4.69) is 43.1 Å². The van der Waals surface area contributed by atoms with Crippen molar-refractivity contribution in [3.8, 4) is 6.07 Å². The Morgan fingerprint density at radius 2 is 1.36 bits per heavy atom. The van der Waals surface area contributed by atoms with Crippen molar-refractivity contribution in [1.29, 1.82) is 5.26 Å². The normalized spacial score (nSPS) is 22.6. The van der Waals surface area contributed by atoms with Gasteiger partial charge in [-0.1, -0.05) is 11.6 Å². The van der Waals surface area contributed by atoms with Crippen molar-refractivity contribution >= 4 is 58.2 Å². The maximum atomic E-state index is 13.6. The lowest BCUT2D eigenvalue weighted by Crippen LogP contribution is -2.54. The summed E-state index contributed by atoms with van der Waals surface area (Å²) >= 11 is 6.33. The van der Waals surface area contributed by atoms with Crippen LogP contribution in [0, 0.1) is 22.7 Å². The number of fused-ring (bicyclic) bond motifs is 1. The number of imide groups is 2. The summed E-state index contributed by atoms with van der Waals surface area (Å²) in [5.41, 5.74) is 5.27. The number of carbonyl (C=O) groups excluding carboxylic acids is 5. The molecule has 1 atom stereocenters. The molecule has 5 amide bonds. The molecule has 13 nitrogen and oxygen atoms in total. The molecule has 59 heavy (non-hydrogen) atoms. The average molecular weight is 817 g/mol. The number of likely N-dealkylation sites (tertiary alicyclic amines) is 1. The zero-order valence-corrected chi connectivity index (χ0v) is 34.0. The van der Waals surface area contributed by atoms with Gasteiger partial charge in [0.05, 0.1) is 21.7 Å². The van der Waals surface area contributed by atoms with Crippen LogP contribution in [0.4, 0.5) is 17.1 Å². The summed E-state index contributed by atoms with van der Waals surface area (Å²) in [7, 11) is 0. The molecular weight excluding hydrogens is 768 g/mol. The van der Waals surface area contributed by atoms with Gasteiger partial charge in [0.15, 0.2) is 0 Å². The summed E-state index contributed by atoms with van der Waals surface area (Å²) < 4.78 is 0. The van der Waals surface area contributed by atoms with E-state index in [-0.39, 0.29) is 24.2 Å². The third-order valence-electron chi connectivity index (χ3n) is 13.8. The molecule has 14 heteroatoms. The van der Waals surface area contributed by atoms with Crippen molar-refractivity contribution in [1.82, 2.24) is 20.0 Å². The monoisotopic (exact) mass is 816 g/mol. The number of nitriles is 1. The zero-order chi connectivity index (χ0) is 40.8. The summed E-state index contributed by atoms with van der Waals surface area (Å²) in [6, 6.07) is 20.4. The quantitative estimate of drug-likeness (QED) is 0.332. The topological polar surface area (TPSA) is 141 Å². The fraction of sp³-hybridized carbons (Fsp3) is 0.467. The minimum absolute atomic E-state index is 0.0914. The smallest absolute Gasteiger partial charge is 0.262 e. The number of anilines is 3. The van der Waals surface area contributed by atoms with Crippen molar-refractivity contribution in [2.75, 3.05) is 86.7 Å². The highest BCUT2D eigenvalue weighted by Gasteiger charge is 2.45. The summed E-state index contributed by atoms with van der Waals surface area (Å²) in [5, 5.41) is 12.0. The molecule has 9 rings (SSSR count). The van der Waals surface area contributed by atoms with Gasteiger partial charge in [-0.2, -0.15) is 5.26 Å². The SMILES string of the molecule is N#Cc1ccc(N2CCC3(CCN(c4ccc(C(=O)N5CCC(CN6CCN(c7ccc8c(c7)C(=O)N(C7CCC(=O)NC7=O)C8=O)CC6)CC5)cc4)CC3)C2)cc1Cl. The Morgan fingerprint density at radius 1 is 0.729 bits per heavy atom. The van der Waals surface area contributed by atoms with Gasteiger partial charge in [-0.15, -0.1) is 0 Å². The zero-order valence-electron chi connectivity index (χ0n) is 33.2. The van der Waals surface area contributed by atoms with E-state index in [1.807, 2.05) is 41.3 Å². The van der Waals surface area contributed by atoms with Gasteiger partial charge in [0, 0.05) is 101 Å². The number of piperazine rings is 1. The van der Waals surface area contributed by atoms with Gasteiger partial charge < -0.3 is 19.6 Å². The highest BCUT2D eigenvalue weighted by atomic mass is 35.5. The standard InChI is InChI=1S/C45H49ClN8O5/c46-38-26-35(6-3-32(38)27-47)53-20-15-45(29-53)13-18-50(19-14-45)33-4-1-31(2-5-33)42(57)52-16-11-30(12-17-52)28-49-21-23-51(24-22-49)34-7-8-36-37(25-34)44(59)54(43(36)58)39-9-10-40(55)48-41(39)56/h1-8,25-26,30,39H,9-24,28-29H2,(H,48,55,56). The Labute approximate surface area is 349 Å². The van der Waals surface area contributed by atoms with E-state index < -0.39 is 29.7 Å². The van der Waals surface area contributed by atoms with E-state index in [0.29, 0.717) is 27.6 Å². The molecule has 6 aliphatic rings. The molecule has 5 saturated heterocycles. The summed E-state index contributed by atoms with van der Waals surface area (Å²) in [4.78, 5) is 76.7. The first-order chi connectivity index (χ1) is 28.6. The second-order valence-corrected chi connectivity index (χ2v) is 17.6. The van der Waals surface area contributed by atoms with E-state index in [4.69, 9.17) is 11.6 Å². The number of nitrogens with zero attached hydrogens (tertiary/aromatic N) is 7. The van der Waals surface area contributed by atoms with E-state index in [0.717, 1.165) is 126 Å². The average Bonchev–Trinajstić information content (AvgIpc) is 3.78. The van der Waals surface area contributed by atoms with E-state index in [1.165, 1.54) is 5.69 Å². The lowest BCUT2D eigenvalue weighted by molar-refractivity contribution is -0.136. The van der Waals surface area contributed by atoms with Crippen LogP contribution in [-0.2, 0) is 9.59 Å². The van der Waals surface area contributed by atoms with Crippen molar-refractivity contribution in [2.24, 2.45) is 11.3 Å². The first kappa shape index (κ1) is 39.0. The third-order valence-corrected chi connectivity index (χ3v) is 14.1. The summed E-state index contributed by atoms with van der Waals surface area (Å²) in [6.45, 7) is 9.81. The Balaban J connectivity index is 0.712. The van der Waals surface area contributed by atoms with Crippen LogP contribution >= 0.6 is 11.6 Å². The number of halogens is 1. The molecule has 6 aliphatic heterocycles. The van der Waals surface area contributed by atoms with Crippen LogP contribution in [0.5, 0.6) is 0 Å². The molecule has 1 spiro atoms. The van der Waals surface area contributed by atoms with Crippen LogP contribution in [0.15, 0.2) is 60.7 Å². The van der Waals surface area contributed by atoms with Crippen LogP contribution in [0.1, 0.15) is 81.6 Å². The number of nitrogens with one attached hydrogen (secondary N) is 1. The summed E-state index contributed by atoms with van der Waals surface area (Å²) in [6.07, 6.45) is 5.56. The number of piperidine rings is 3. The van der Waals surface area contributed by atoms with Crippen LogP contribution in [-0.4, -0.2) is 122 Å². The number of rotatable bonds is 7. The molecule has 0 aliphatic carbocycles. The molecule has 5 fully saturated rings. The number of amides is 5. The Hall–Kier alpha value is -5.45. The minimum Gasteiger partial charge on any atom is -0.371 e. The predicted octanol–water partition coefficient (Wildman–Crippen LogP) is 4.78. The van der Waals surface area contributed by atoms with E-state index in [1.54, 1.807) is 12.1 Å². The van der Waals surface area contributed by atoms with E-state index in [9.17, 15) is 29.2 Å². The molecule has 1 unspecified atom stereocenters. The molecular formula is C45H49ClN8O5. The van der Waals surface area contributed by atoms with Gasteiger partial charge >= 0.3 is 0 Å². The van der Waals surface area contributed by atoms with Gasteiger partial charge in [0.2, 0.25) is 11.8 Å². The summed E-state index contributed by atoms with van der Waals surface area (Å²) in [5.74, 6) is -1.36.